The van der Waals surface area contributed by atoms with E-state index in [-0.39, 0.29) is 30.5 Å². The number of hydrogen-bond donors (Lipinski definition) is 1. The van der Waals surface area contributed by atoms with E-state index in [2.05, 4.69) is 15.4 Å². The number of rotatable bonds is 5. The van der Waals surface area contributed by atoms with Crippen LogP contribution in [-0.4, -0.2) is 40.2 Å². The first kappa shape index (κ1) is 18.6. The number of nitrogens with zero attached hydrogens (tertiary/aromatic N) is 4. The molecule has 4 rings (SSSR count). The lowest BCUT2D eigenvalue weighted by Crippen LogP contribution is -2.28. The molecular formula is C20H18FN5O3. The Hall–Kier alpha value is -3.75. The molecule has 29 heavy (non-hydrogen) atoms. The van der Waals surface area contributed by atoms with E-state index in [0.717, 1.165) is 0 Å². The maximum Gasteiger partial charge on any atom is 0.229 e. The van der Waals surface area contributed by atoms with Crippen LogP contribution in [0.2, 0.25) is 0 Å². The molecule has 0 bridgehead atoms. The van der Waals surface area contributed by atoms with E-state index in [9.17, 15) is 14.0 Å². The van der Waals surface area contributed by atoms with Gasteiger partial charge in [0.1, 0.15) is 24.1 Å². The van der Waals surface area contributed by atoms with Gasteiger partial charge in [0.05, 0.1) is 13.0 Å². The lowest BCUT2D eigenvalue weighted by atomic mass is 10.1. The molecule has 1 aromatic heterocycles. The first-order chi connectivity index (χ1) is 14.0. The molecular weight excluding hydrogens is 377 g/mol. The molecule has 0 radical (unpaired) electrons. The molecule has 0 spiro atoms. The van der Waals surface area contributed by atoms with Crippen LogP contribution in [0.4, 0.5) is 15.8 Å². The van der Waals surface area contributed by atoms with Gasteiger partial charge in [0.25, 0.3) is 0 Å². The number of anilines is 2. The standard InChI is InChI=1S/C20H18FN5O3/c1-29-16-5-3-15(4-6-16)25-10-13(8-19(25)27)20(28)24-14-2-7-18(17(21)9-14)26-12-22-11-23-26/h2-7,9,11-13H,8,10H2,1H3,(H,24,28). The van der Waals surface area contributed by atoms with Crippen molar-refractivity contribution in [3.8, 4) is 11.4 Å². The number of hydrogen-bond acceptors (Lipinski definition) is 5. The average molecular weight is 395 g/mol. The number of methoxy groups -OCH3 is 1. The minimum atomic E-state index is -0.546. The Balaban J connectivity index is 1.43. The first-order valence-electron chi connectivity index (χ1n) is 8.95. The van der Waals surface area contributed by atoms with Gasteiger partial charge in [0.2, 0.25) is 11.8 Å². The van der Waals surface area contributed by atoms with Crippen molar-refractivity contribution in [1.82, 2.24) is 14.8 Å². The van der Waals surface area contributed by atoms with Crippen LogP contribution in [0.25, 0.3) is 5.69 Å². The Kier molecular flexibility index (Phi) is 4.94. The van der Waals surface area contributed by atoms with E-state index in [0.29, 0.717) is 17.1 Å². The van der Waals surface area contributed by atoms with E-state index >= 15 is 0 Å². The molecule has 1 aliphatic heterocycles. The molecule has 0 saturated carbocycles. The zero-order chi connectivity index (χ0) is 20.4. The van der Waals surface area contributed by atoms with Gasteiger partial charge in [0.15, 0.2) is 5.82 Å². The maximum atomic E-state index is 14.3. The number of halogens is 1. The van der Waals surface area contributed by atoms with Crippen molar-refractivity contribution in [2.45, 2.75) is 6.42 Å². The molecule has 2 aromatic carbocycles. The quantitative estimate of drug-likeness (QED) is 0.717. The van der Waals surface area contributed by atoms with Crippen LogP contribution in [0.1, 0.15) is 6.42 Å². The zero-order valence-corrected chi connectivity index (χ0v) is 15.6. The lowest BCUT2D eigenvalue weighted by Gasteiger charge is -2.17. The summed E-state index contributed by atoms with van der Waals surface area (Å²) >= 11 is 0. The number of benzene rings is 2. The predicted octanol–water partition coefficient (Wildman–Crippen LogP) is 2.41. The van der Waals surface area contributed by atoms with Crippen LogP contribution < -0.4 is 15.0 Å². The largest absolute Gasteiger partial charge is 0.497 e. The number of carbonyl (C=O) groups excluding carboxylic acids is 2. The van der Waals surface area contributed by atoms with Gasteiger partial charge >= 0.3 is 0 Å². The van der Waals surface area contributed by atoms with Gasteiger partial charge in [0, 0.05) is 24.3 Å². The Morgan fingerprint density at radius 1 is 1.24 bits per heavy atom. The van der Waals surface area contributed by atoms with Crippen molar-refractivity contribution >= 4 is 23.2 Å². The van der Waals surface area contributed by atoms with E-state index in [4.69, 9.17) is 4.74 Å². The van der Waals surface area contributed by atoms with Gasteiger partial charge in [-0.15, -0.1) is 0 Å². The summed E-state index contributed by atoms with van der Waals surface area (Å²) in [5.41, 5.74) is 1.24. The van der Waals surface area contributed by atoms with E-state index in [1.165, 1.54) is 29.5 Å². The summed E-state index contributed by atoms with van der Waals surface area (Å²) in [4.78, 5) is 30.3. The third-order valence-corrected chi connectivity index (χ3v) is 4.76. The Morgan fingerprint density at radius 2 is 2.03 bits per heavy atom. The third-order valence-electron chi connectivity index (χ3n) is 4.76. The number of amides is 2. The molecule has 1 fully saturated rings. The molecule has 3 aromatic rings. The van der Waals surface area contributed by atoms with Crippen LogP contribution >= 0.6 is 0 Å². The fourth-order valence-corrected chi connectivity index (χ4v) is 3.24. The predicted molar refractivity (Wildman–Crippen MR) is 103 cm³/mol. The number of carbonyl (C=O) groups is 2. The molecule has 1 aliphatic rings. The highest BCUT2D eigenvalue weighted by atomic mass is 19.1. The second-order valence-electron chi connectivity index (χ2n) is 6.60. The maximum absolute atomic E-state index is 14.3. The SMILES string of the molecule is COc1ccc(N2CC(C(=O)Nc3ccc(-n4cncn4)c(F)c3)CC2=O)cc1. The molecule has 148 valence electrons. The van der Waals surface area contributed by atoms with Gasteiger partial charge in [-0.3, -0.25) is 9.59 Å². The van der Waals surface area contributed by atoms with Crippen LogP contribution in [0.3, 0.4) is 0 Å². The Bertz CT molecular complexity index is 1040. The molecule has 1 atom stereocenters. The van der Waals surface area contributed by atoms with E-state index in [1.807, 2.05) is 0 Å². The second-order valence-corrected chi connectivity index (χ2v) is 6.60. The first-order valence-corrected chi connectivity index (χ1v) is 8.95. The molecule has 1 saturated heterocycles. The molecule has 9 heteroatoms. The highest BCUT2D eigenvalue weighted by Crippen LogP contribution is 2.28. The van der Waals surface area contributed by atoms with Crippen molar-refractivity contribution in [1.29, 1.82) is 0 Å². The number of nitrogens with one attached hydrogen (secondary N) is 1. The lowest BCUT2D eigenvalue weighted by molar-refractivity contribution is -0.122. The second kappa shape index (κ2) is 7.70. The van der Waals surface area contributed by atoms with Gasteiger partial charge in [-0.25, -0.2) is 14.1 Å². The minimum Gasteiger partial charge on any atom is -0.497 e. The summed E-state index contributed by atoms with van der Waals surface area (Å²) in [6.07, 6.45) is 2.78. The summed E-state index contributed by atoms with van der Waals surface area (Å²) in [6, 6.07) is 11.4. The van der Waals surface area contributed by atoms with Gasteiger partial charge in [-0.05, 0) is 42.5 Å². The third kappa shape index (κ3) is 3.79. The average Bonchev–Trinajstić information content (AvgIpc) is 3.38. The normalized spacial score (nSPS) is 16.1. The summed E-state index contributed by atoms with van der Waals surface area (Å²) in [5, 5.41) is 6.57. The molecule has 1 N–H and O–H groups in total. The zero-order valence-electron chi connectivity index (χ0n) is 15.6. The van der Waals surface area contributed by atoms with Gasteiger partial charge < -0.3 is 15.0 Å². The van der Waals surface area contributed by atoms with Crippen LogP contribution in [-0.2, 0) is 9.59 Å². The van der Waals surface area contributed by atoms with Crippen molar-refractivity contribution in [2.75, 3.05) is 23.9 Å². The molecule has 2 amide bonds. The summed E-state index contributed by atoms with van der Waals surface area (Å²) in [5.74, 6) is -0.852. The Labute approximate surface area is 165 Å². The van der Waals surface area contributed by atoms with Crippen LogP contribution in [0.5, 0.6) is 5.75 Å². The monoisotopic (exact) mass is 395 g/mol. The van der Waals surface area contributed by atoms with E-state index in [1.54, 1.807) is 42.3 Å². The van der Waals surface area contributed by atoms with Crippen LogP contribution in [0.15, 0.2) is 55.1 Å². The van der Waals surface area contributed by atoms with Crippen molar-refractivity contribution < 1.29 is 18.7 Å². The fraction of sp³-hybridized carbons (Fsp3) is 0.200. The minimum absolute atomic E-state index is 0.0946. The molecule has 0 aliphatic carbocycles. The van der Waals surface area contributed by atoms with Gasteiger partial charge in [-0.1, -0.05) is 0 Å². The molecule has 1 unspecified atom stereocenters. The summed E-state index contributed by atoms with van der Waals surface area (Å²) in [7, 11) is 1.57. The molecule has 2 heterocycles. The van der Waals surface area contributed by atoms with E-state index < -0.39 is 11.7 Å². The van der Waals surface area contributed by atoms with Crippen molar-refractivity contribution in [2.24, 2.45) is 5.92 Å². The van der Waals surface area contributed by atoms with Crippen LogP contribution in [0, 0.1) is 11.7 Å². The van der Waals surface area contributed by atoms with Gasteiger partial charge in [-0.2, -0.15) is 5.10 Å². The summed E-state index contributed by atoms with van der Waals surface area (Å²) in [6.45, 7) is 0.260. The molecule has 8 nitrogen and oxygen atoms in total. The highest BCUT2D eigenvalue weighted by Gasteiger charge is 2.35. The highest BCUT2D eigenvalue weighted by molar-refractivity contribution is 6.03. The number of aromatic nitrogens is 3. The van der Waals surface area contributed by atoms with Crippen molar-refractivity contribution in [3.63, 3.8) is 0 Å². The Morgan fingerprint density at radius 3 is 2.69 bits per heavy atom. The summed E-state index contributed by atoms with van der Waals surface area (Å²) < 4.78 is 20.7. The van der Waals surface area contributed by atoms with Crippen molar-refractivity contribution in [3.05, 3.63) is 60.9 Å². The topological polar surface area (TPSA) is 89.3 Å². The smallest absolute Gasteiger partial charge is 0.229 e. The fourth-order valence-electron chi connectivity index (χ4n) is 3.24. The number of ether oxygens (including phenoxy) is 1.